The fourth-order valence-electron chi connectivity index (χ4n) is 4.48. The molecule has 11 unspecified atom stereocenters. The maximum absolute atomic E-state index is 11.0. The minimum absolute atomic E-state index is 0.0190. The summed E-state index contributed by atoms with van der Waals surface area (Å²) in [7, 11) is 0. The van der Waals surface area contributed by atoms with Gasteiger partial charge >= 0.3 is 0 Å². The maximum atomic E-state index is 11.0. The van der Waals surface area contributed by atoms with Crippen LogP contribution in [0.4, 0.5) is 0 Å². The molecule has 1 heterocycles. The lowest BCUT2D eigenvalue weighted by Gasteiger charge is -2.47. The van der Waals surface area contributed by atoms with Crippen LogP contribution in [0.3, 0.4) is 0 Å². The van der Waals surface area contributed by atoms with E-state index in [9.17, 15) is 25.7 Å². The number of aliphatic hydroxyl groups excluding tert-OH is 3. The molecule has 13 N–H and O–H groups in total. The summed E-state index contributed by atoms with van der Waals surface area (Å²) in [5, 5.41) is 59.2. The first kappa shape index (κ1) is 25.6. The molecule has 3 rings (SSSR count). The summed E-state index contributed by atoms with van der Waals surface area (Å²) in [6.07, 6.45) is -4.45. The second-order valence-corrected chi connectivity index (χ2v) is 8.54. The molecule has 2 fully saturated rings. The number of hydroxylamine groups is 3. The molecule has 0 aromatic heterocycles. The maximum Gasteiger partial charge on any atom is 0.217 e. The van der Waals surface area contributed by atoms with Gasteiger partial charge in [-0.05, 0) is 31.8 Å². The summed E-state index contributed by atoms with van der Waals surface area (Å²) in [6, 6.07) is -3.06. The van der Waals surface area contributed by atoms with E-state index in [0.29, 0.717) is 25.0 Å². The van der Waals surface area contributed by atoms with Crippen molar-refractivity contribution in [3.63, 3.8) is 0 Å². The molecule has 14 nitrogen and oxygen atoms in total. The highest BCUT2D eigenvalue weighted by molar-refractivity contribution is 5.04. The average molecular weight is 466 g/mol. The molecule has 2 aliphatic carbocycles. The van der Waals surface area contributed by atoms with Crippen LogP contribution in [0.15, 0.2) is 11.8 Å². The van der Waals surface area contributed by atoms with Crippen LogP contribution in [0.2, 0.25) is 0 Å². The van der Waals surface area contributed by atoms with Crippen molar-refractivity contribution in [1.82, 2.24) is 16.4 Å². The molecule has 32 heavy (non-hydrogen) atoms. The van der Waals surface area contributed by atoms with Crippen molar-refractivity contribution < 1.29 is 45.2 Å². The van der Waals surface area contributed by atoms with Crippen LogP contribution in [0, 0.1) is 0 Å². The Morgan fingerprint density at radius 1 is 0.969 bits per heavy atom. The molecule has 0 saturated heterocycles. The molecule has 1 aliphatic heterocycles. The molecule has 3 aliphatic rings. The lowest BCUT2D eigenvalue weighted by Crippen LogP contribution is -2.66. The highest BCUT2D eigenvalue weighted by atomic mass is 16.7. The SMILES string of the molecule is NC1CC(NO)C(OC2CCC(O)C(N)C2O)C(O)C1OC1OC(CNO)=CCC1NO. The first-order valence-electron chi connectivity index (χ1n) is 10.7. The quantitative estimate of drug-likeness (QED) is 0.155. The number of rotatable bonds is 8. The zero-order chi connectivity index (χ0) is 23.4. The highest BCUT2D eigenvalue weighted by Crippen LogP contribution is 2.31. The van der Waals surface area contributed by atoms with Crippen LogP contribution in [0.5, 0.6) is 0 Å². The van der Waals surface area contributed by atoms with E-state index in [1.807, 2.05) is 5.48 Å². The topological polar surface area (TPSA) is 237 Å². The predicted octanol–water partition coefficient (Wildman–Crippen LogP) is -3.64. The van der Waals surface area contributed by atoms with Gasteiger partial charge in [-0.15, -0.1) is 0 Å². The van der Waals surface area contributed by atoms with Crippen LogP contribution in [-0.4, -0.2) is 105 Å². The zero-order valence-corrected chi connectivity index (χ0v) is 17.5. The third kappa shape index (κ3) is 5.56. The molecular formula is C18H35N5O9. The Bertz CT molecular complexity index is 632. The van der Waals surface area contributed by atoms with Gasteiger partial charge in [0.25, 0.3) is 0 Å². The second-order valence-electron chi connectivity index (χ2n) is 8.54. The Kier molecular flexibility index (Phi) is 9.16. The molecule has 186 valence electrons. The molecule has 11 atom stereocenters. The second kappa shape index (κ2) is 11.4. The first-order valence-corrected chi connectivity index (χ1v) is 10.7. The Morgan fingerprint density at radius 3 is 2.34 bits per heavy atom. The summed E-state index contributed by atoms with van der Waals surface area (Å²) >= 11 is 0. The van der Waals surface area contributed by atoms with Gasteiger partial charge in [-0.3, -0.25) is 0 Å². The lowest BCUT2D eigenvalue weighted by molar-refractivity contribution is -0.248. The molecule has 0 radical (unpaired) electrons. The van der Waals surface area contributed by atoms with Gasteiger partial charge < -0.3 is 56.6 Å². The number of hydrogen-bond acceptors (Lipinski definition) is 14. The van der Waals surface area contributed by atoms with Crippen molar-refractivity contribution in [2.24, 2.45) is 11.5 Å². The summed E-state index contributed by atoms with van der Waals surface area (Å²) < 4.78 is 17.5. The third-order valence-electron chi connectivity index (χ3n) is 6.39. The largest absolute Gasteiger partial charge is 0.466 e. The van der Waals surface area contributed by atoms with Crippen LogP contribution in [0.25, 0.3) is 0 Å². The van der Waals surface area contributed by atoms with Crippen molar-refractivity contribution in [3.8, 4) is 0 Å². The van der Waals surface area contributed by atoms with Gasteiger partial charge in [0.2, 0.25) is 6.29 Å². The van der Waals surface area contributed by atoms with Crippen molar-refractivity contribution in [1.29, 1.82) is 0 Å². The molecule has 2 saturated carbocycles. The van der Waals surface area contributed by atoms with Crippen LogP contribution in [-0.2, 0) is 14.2 Å². The van der Waals surface area contributed by atoms with E-state index in [0.717, 1.165) is 0 Å². The molecule has 14 heteroatoms. The Hall–Kier alpha value is -0.980. The Balaban J connectivity index is 1.72. The monoisotopic (exact) mass is 465 g/mol. The minimum Gasteiger partial charge on any atom is -0.466 e. The molecule has 0 amide bonds. The van der Waals surface area contributed by atoms with E-state index in [2.05, 4.69) is 11.0 Å². The first-order chi connectivity index (χ1) is 15.3. The van der Waals surface area contributed by atoms with Gasteiger partial charge in [0.05, 0.1) is 43.0 Å². The number of nitrogens with one attached hydrogen (secondary N) is 3. The summed E-state index contributed by atoms with van der Waals surface area (Å²) in [4.78, 5) is 0. The number of aliphatic hydroxyl groups is 3. The Labute approximate surface area is 185 Å². The van der Waals surface area contributed by atoms with Crippen molar-refractivity contribution in [3.05, 3.63) is 11.8 Å². The molecule has 0 aromatic carbocycles. The van der Waals surface area contributed by atoms with Crippen molar-refractivity contribution in [2.75, 3.05) is 6.54 Å². The fourth-order valence-corrected chi connectivity index (χ4v) is 4.48. The number of hydrogen-bond donors (Lipinski definition) is 11. The number of ether oxygens (including phenoxy) is 3. The van der Waals surface area contributed by atoms with Gasteiger partial charge in [0.1, 0.15) is 24.1 Å². The fraction of sp³-hybridized carbons (Fsp3) is 0.889. The van der Waals surface area contributed by atoms with E-state index in [1.165, 1.54) is 0 Å². The average Bonchev–Trinajstić information content (AvgIpc) is 2.78. The zero-order valence-electron chi connectivity index (χ0n) is 17.5. The Morgan fingerprint density at radius 2 is 1.69 bits per heavy atom. The van der Waals surface area contributed by atoms with E-state index >= 15 is 0 Å². The number of nitrogens with two attached hydrogens (primary N) is 2. The lowest BCUT2D eigenvalue weighted by atomic mass is 9.83. The summed E-state index contributed by atoms with van der Waals surface area (Å²) in [6.45, 7) is 0.0190. The summed E-state index contributed by atoms with van der Waals surface area (Å²) in [5.41, 5.74) is 18.2. The van der Waals surface area contributed by atoms with Crippen molar-refractivity contribution in [2.45, 2.75) is 92.8 Å². The predicted molar refractivity (Wildman–Crippen MR) is 106 cm³/mol. The molecular weight excluding hydrogens is 430 g/mol. The van der Waals surface area contributed by atoms with Gasteiger partial charge in [-0.1, -0.05) is 0 Å². The van der Waals surface area contributed by atoms with E-state index in [-0.39, 0.29) is 13.0 Å². The van der Waals surface area contributed by atoms with Gasteiger partial charge in [0, 0.05) is 6.04 Å². The summed E-state index contributed by atoms with van der Waals surface area (Å²) in [5.74, 6) is 0.378. The molecule has 0 bridgehead atoms. The minimum atomic E-state index is -1.34. The van der Waals surface area contributed by atoms with E-state index in [1.54, 1.807) is 6.08 Å². The van der Waals surface area contributed by atoms with Gasteiger partial charge in [-0.25, -0.2) is 0 Å². The van der Waals surface area contributed by atoms with Gasteiger partial charge in [0.15, 0.2) is 0 Å². The standard InChI is InChI=1S/C18H35N5O9/c19-8-5-10(23-29)17(31-12-4-3-11(24)13(20)14(12)25)15(26)16(8)32-18-9(22-28)2-1-7(30-18)6-21-27/h1,8-18,21-29H,2-6,19-20H2. The normalized spacial score (nSPS) is 45.2. The highest BCUT2D eigenvalue weighted by Gasteiger charge is 2.49. The van der Waals surface area contributed by atoms with Crippen LogP contribution < -0.4 is 27.9 Å². The smallest absolute Gasteiger partial charge is 0.217 e. The molecule has 0 aromatic rings. The van der Waals surface area contributed by atoms with Gasteiger partial charge in [-0.2, -0.15) is 16.4 Å². The van der Waals surface area contributed by atoms with E-state index < -0.39 is 67.1 Å². The van der Waals surface area contributed by atoms with E-state index in [4.69, 9.17) is 30.9 Å². The van der Waals surface area contributed by atoms with Crippen molar-refractivity contribution >= 4 is 0 Å². The van der Waals surface area contributed by atoms with Crippen LogP contribution >= 0.6 is 0 Å². The van der Waals surface area contributed by atoms with Crippen LogP contribution in [0.1, 0.15) is 25.7 Å². The molecule has 0 spiro atoms. The third-order valence-corrected chi connectivity index (χ3v) is 6.39.